The van der Waals surface area contributed by atoms with Gasteiger partial charge in [-0.3, -0.25) is 9.69 Å². The molecule has 0 radical (unpaired) electrons. The second-order valence-corrected chi connectivity index (χ2v) is 9.00. The van der Waals surface area contributed by atoms with Gasteiger partial charge in [-0.1, -0.05) is 17.7 Å². The molecule has 9 nitrogen and oxygen atoms in total. The van der Waals surface area contributed by atoms with Crippen LogP contribution in [0, 0.1) is 0 Å². The Labute approximate surface area is 211 Å². The number of carbonyl (C=O) groups excluding carboxylic acids is 1. The second-order valence-electron chi connectivity index (χ2n) is 8.62. The zero-order chi connectivity index (χ0) is 25.9. The molecule has 2 N–H and O–H groups in total. The number of ether oxygens (including phenoxy) is 3. The van der Waals surface area contributed by atoms with Crippen LogP contribution < -0.4 is 20.1 Å². The SMILES string of the molecule is COc1ccc([C@@H]2C[C@H](C(F)(F)F)n3nc(C(=O)NCCCN4CCOCC4)c(Cl)c3N2)cc1OC. The van der Waals surface area contributed by atoms with Crippen molar-refractivity contribution in [1.29, 1.82) is 0 Å². The molecule has 0 spiro atoms. The van der Waals surface area contributed by atoms with E-state index in [0.29, 0.717) is 43.2 Å². The molecule has 2 aromatic rings. The van der Waals surface area contributed by atoms with E-state index in [2.05, 4.69) is 20.6 Å². The van der Waals surface area contributed by atoms with Gasteiger partial charge in [-0.15, -0.1) is 0 Å². The Morgan fingerprint density at radius 1 is 1.25 bits per heavy atom. The molecular weight excluding hydrogens is 503 g/mol. The van der Waals surface area contributed by atoms with Gasteiger partial charge in [0.2, 0.25) is 0 Å². The number of aromatic nitrogens is 2. The Morgan fingerprint density at radius 2 is 1.97 bits per heavy atom. The maximum Gasteiger partial charge on any atom is 0.410 e. The lowest BCUT2D eigenvalue weighted by atomic mass is 9.96. The van der Waals surface area contributed by atoms with Crippen LogP contribution in [0.2, 0.25) is 5.02 Å². The van der Waals surface area contributed by atoms with Crippen molar-refractivity contribution in [3.8, 4) is 11.5 Å². The highest BCUT2D eigenvalue weighted by Crippen LogP contribution is 2.47. The Morgan fingerprint density at radius 3 is 2.64 bits per heavy atom. The number of carbonyl (C=O) groups is 1. The molecule has 2 atom stereocenters. The van der Waals surface area contributed by atoms with Crippen molar-refractivity contribution in [2.24, 2.45) is 0 Å². The summed E-state index contributed by atoms with van der Waals surface area (Å²) in [7, 11) is 2.93. The predicted molar refractivity (Wildman–Crippen MR) is 127 cm³/mol. The van der Waals surface area contributed by atoms with Gasteiger partial charge in [-0.05, 0) is 30.7 Å². The van der Waals surface area contributed by atoms with E-state index in [1.807, 2.05) is 0 Å². The first-order valence-electron chi connectivity index (χ1n) is 11.6. The number of methoxy groups -OCH3 is 2. The molecule has 2 aliphatic heterocycles. The highest BCUT2D eigenvalue weighted by Gasteiger charge is 2.48. The number of hydrogen-bond donors (Lipinski definition) is 2. The third-order valence-electron chi connectivity index (χ3n) is 6.36. The maximum atomic E-state index is 14.1. The number of anilines is 1. The van der Waals surface area contributed by atoms with Crippen LogP contribution in [-0.4, -0.2) is 80.4 Å². The summed E-state index contributed by atoms with van der Waals surface area (Å²) in [6.07, 6.45) is -4.26. The van der Waals surface area contributed by atoms with E-state index in [-0.39, 0.29) is 23.0 Å². The van der Waals surface area contributed by atoms with E-state index in [0.717, 1.165) is 24.3 Å². The van der Waals surface area contributed by atoms with Crippen LogP contribution in [0.5, 0.6) is 11.5 Å². The molecule has 0 aliphatic carbocycles. The fourth-order valence-electron chi connectivity index (χ4n) is 4.44. The van der Waals surface area contributed by atoms with Crippen molar-refractivity contribution >= 4 is 23.3 Å². The first kappa shape index (κ1) is 26.4. The number of halogens is 4. The van der Waals surface area contributed by atoms with E-state index in [4.69, 9.17) is 25.8 Å². The average Bonchev–Trinajstić information content (AvgIpc) is 3.21. The Kier molecular flexibility index (Phi) is 8.16. The average molecular weight is 532 g/mol. The van der Waals surface area contributed by atoms with Gasteiger partial charge in [-0.2, -0.15) is 18.3 Å². The summed E-state index contributed by atoms with van der Waals surface area (Å²) in [6.45, 7) is 4.15. The summed E-state index contributed by atoms with van der Waals surface area (Å²) in [5, 5.41) is 9.57. The molecular formula is C23H29ClF3N5O4. The van der Waals surface area contributed by atoms with Crippen molar-refractivity contribution in [3.63, 3.8) is 0 Å². The van der Waals surface area contributed by atoms with Crippen molar-refractivity contribution in [2.75, 3.05) is 58.9 Å². The van der Waals surface area contributed by atoms with Crippen LogP contribution in [0.15, 0.2) is 18.2 Å². The normalized spacial score (nSPS) is 20.4. The molecule has 4 rings (SSSR count). The van der Waals surface area contributed by atoms with Crippen molar-refractivity contribution < 1.29 is 32.2 Å². The Bertz CT molecular complexity index is 1070. The van der Waals surface area contributed by atoms with E-state index in [1.165, 1.54) is 14.2 Å². The summed E-state index contributed by atoms with van der Waals surface area (Å²) in [5.74, 6) is 0.181. The van der Waals surface area contributed by atoms with E-state index < -0.39 is 24.2 Å². The van der Waals surface area contributed by atoms with Crippen LogP contribution in [0.3, 0.4) is 0 Å². The highest BCUT2D eigenvalue weighted by atomic mass is 35.5. The minimum atomic E-state index is -4.60. The number of fused-ring (bicyclic) bond motifs is 1. The van der Waals surface area contributed by atoms with E-state index in [1.54, 1.807) is 18.2 Å². The van der Waals surface area contributed by atoms with E-state index in [9.17, 15) is 18.0 Å². The van der Waals surface area contributed by atoms with Gasteiger partial charge < -0.3 is 24.8 Å². The van der Waals surface area contributed by atoms with Gasteiger partial charge >= 0.3 is 6.18 Å². The molecule has 0 bridgehead atoms. The lowest BCUT2D eigenvalue weighted by molar-refractivity contribution is -0.173. The molecule has 3 heterocycles. The quantitative estimate of drug-likeness (QED) is 0.502. The molecule has 36 heavy (non-hydrogen) atoms. The Balaban J connectivity index is 1.51. The first-order chi connectivity index (χ1) is 17.2. The number of benzene rings is 1. The van der Waals surface area contributed by atoms with Crippen molar-refractivity contribution in [1.82, 2.24) is 20.0 Å². The molecule has 0 saturated carbocycles. The van der Waals surface area contributed by atoms with Gasteiger partial charge in [0.15, 0.2) is 23.2 Å². The lowest BCUT2D eigenvalue weighted by Crippen LogP contribution is -2.38. The van der Waals surface area contributed by atoms with Crippen LogP contribution in [-0.2, 0) is 4.74 Å². The minimum absolute atomic E-state index is 0.0523. The topological polar surface area (TPSA) is 89.9 Å². The zero-order valence-corrected chi connectivity index (χ0v) is 20.8. The third-order valence-corrected chi connectivity index (χ3v) is 6.72. The zero-order valence-electron chi connectivity index (χ0n) is 20.0. The number of amides is 1. The smallest absolute Gasteiger partial charge is 0.410 e. The first-order valence-corrected chi connectivity index (χ1v) is 12.0. The number of morpholine rings is 1. The largest absolute Gasteiger partial charge is 0.493 e. The predicted octanol–water partition coefficient (Wildman–Crippen LogP) is 3.67. The molecule has 1 aromatic carbocycles. The van der Waals surface area contributed by atoms with Gasteiger partial charge in [0.1, 0.15) is 10.8 Å². The van der Waals surface area contributed by atoms with Gasteiger partial charge in [0.25, 0.3) is 5.91 Å². The van der Waals surface area contributed by atoms with Gasteiger partial charge in [-0.25, -0.2) is 4.68 Å². The van der Waals surface area contributed by atoms with Gasteiger partial charge in [0.05, 0.1) is 33.5 Å². The molecule has 1 aromatic heterocycles. The summed E-state index contributed by atoms with van der Waals surface area (Å²) in [5.41, 5.74) is 0.312. The highest BCUT2D eigenvalue weighted by molar-refractivity contribution is 6.36. The minimum Gasteiger partial charge on any atom is -0.493 e. The molecule has 198 valence electrons. The summed E-state index contributed by atoms with van der Waals surface area (Å²) >= 11 is 6.41. The molecule has 1 fully saturated rings. The molecule has 2 aliphatic rings. The number of nitrogens with one attached hydrogen (secondary N) is 2. The second kappa shape index (κ2) is 11.1. The van der Waals surface area contributed by atoms with Gasteiger partial charge in [0, 0.05) is 26.1 Å². The molecule has 0 unspecified atom stereocenters. The monoisotopic (exact) mass is 531 g/mol. The number of rotatable bonds is 8. The summed E-state index contributed by atoms with van der Waals surface area (Å²) in [4.78, 5) is 15.0. The molecule has 1 saturated heterocycles. The fourth-order valence-corrected chi connectivity index (χ4v) is 4.70. The molecule has 1 amide bonds. The standard InChI is InChI=1S/C23H29ClF3N5O4/c1-34-16-5-4-14(12-17(16)35-2)15-13-18(23(25,26)27)32-21(29-15)19(24)20(30-32)22(33)28-6-3-7-31-8-10-36-11-9-31/h4-5,12,15,18,29H,3,6-11,13H2,1-2H3,(H,28,33)/t15-,18+/m0/s1. The van der Waals surface area contributed by atoms with Crippen LogP contribution in [0.25, 0.3) is 0 Å². The van der Waals surface area contributed by atoms with E-state index >= 15 is 0 Å². The van der Waals surface area contributed by atoms with Crippen molar-refractivity contribution in [3.05, 3.63) is 34.5 Å². The number of hydrogen-bond acceptors (Lipinski definition) is 7. The summed E-state index contributed by atoms with van der Waals surface area (Å²) in [6, 6.07) is 2.19. The lowest BCUT2D eigenvalue weighted by Gasteiger charge is -2.33. The van der Waals surface area contributed by atoms with Crippen molar-refractivity contribution in [2.45, 2.75) is 31.1 Å². The number of nitrogens with zero attached hydrogens (tertiary/aromatic N) is 3. The Hall–Kier alpha value is -2.70. The van der Waals surface area contributed by atoms with Crippen LogP contribution >= 0.6 is 11.6 Å². The maximum absolute atomic E-state index is 14.1. The summed E-state index contributed by atoms with van der Waals surface area (Å²) < 4.78 is 58.7. The molecule has 13 heteroatoms. The van der Waals surface area contributed by atoms with Crippen LogP contribution in [0.1, 0.15) is 41.0 Å². The third kappa shape index (κ3) is 5.65. The number of alkyl halides is 3. The fraction of sp³-hybridized carbons (Fsp3) is 0.565. The van der Waals surface area contributed by atoms with Crippen LogP contribution in [0.4, 0.5) is 19.0 Å².